The van der Waals surface area contributed by atoms with Gasteiger partial charge in [-0.05, 0) is 17.5 Å². The molecule has 118 valence electrons. The zero-order valence-electron chi connectivity index (χ0n) is 12.3. The number of benzene rings is 1. The van der Waals surface area contributed by atoms with E-state index in [1.807, 2.05) is 13.8 Å². The summed E-state index contributed by atoms with van der Waals surface area (Å²) in [5.74, 6) is -1.49. The molecule has 0 radical (unpaired) electrons. The average molecular weight is 325 g/mol. The van der Waals surface area contributed by atoms with E-state index in [1.54, 1.807) is 6.20 Å². The van der Waals surface area contributed by atoms with Crippen molar-refractivity contribution in [1.82, 2.24) is 4.98 Å². The number of nitrogens with two attached hydrogens (primary N) is 1. The minimum atomic E-state index is -0.610. The highest BCUT2D eigenvalue weighted by Crippen LogP contribution is 2.23. The van der Waals surface area contributed by atoms with E-state index >= 15 is 0 Å². The highest BCUT2D eigenvalue weighted by Gasteiger charge is 2.18. The maximum absolute atomic E-state index is 13.6. The summed E-state index contributed by atoms with van der Waals surface area (Å²) < 4.78 is 26.5. The molecule has 0 spiro atoms. The smallest absolute Gasteiger partial charge is 0.243 e. The van der Waals surface area contributed by atoms with E-state index in [4.69, 9.17) is 5.73 Å². The van der Waals surface area contributed by atoms with E-state index in [9.17, 15) is 13.6 Å². The first-order valence-corrected chi connectivity index (χ1v) is 7.63. The highest BCUT2D eigenvalue weighted by molar-refractivity contribution is 7.15. The van der Waals surface area contributed by atoms with Crippen LogP contribution < -0.4 is 11.1 Å². The van der Waals surface area contributed by atoms with E-state index in [-0.39, 0.29) is 18.2 Å². The van der Waals surface area contributed by atoms with Gasteiger partial charge in [-0.1, -0.05) is 19.9 Å². The number of amides is 1. The zero-order valence-corrected chi connectivity index (χ0v) is 13.1. The monoisotopic (exact) mass is 325 g/mol. The van der Waals surface area contributed by atoms with Gasteiger partial charge in [0, 0.05) is 23.6 Å². The summed E-state index contributed by atoms with van der Waals surface area (Å²) >= 11 is 1.24. The van der Waals surface area contributed by atoms with Crippen LogP contribution >= 0.6 is 11.3 Å². The van der Waals surface area contributed by atoms with Gasteiger partial charge in [0.15, 0.2) is 5.13 Å². The summed E-state index contributed by atoms with van der Waals surface area (Å²) in [6.07, 6.45) is 1.85. The van der Waals surface area contributed by atoms with Crippen molar-refractivity contribution in [3.63, 3.8) is 0 Å². The minimum Gasteiger partial charge on any atom is -0.320 e. The molecule has 22 heavy (non-hydrogen) atoms. The molecule has 0 aliphatic carbocycles. The Bertz CT molecular complexity index is 673. The maximum atomic E-state index is 13.6. The van der Waals surface area contributed by atoms with Crippen LogP contribution in [0, 0.1) is 17.6 Å². The lowest BCUT2D eigenvalue weighted by molar-refractivity contribution is -0.118. The molecular weight excluding hydrogens is 308 g/mol. The fourth-order valence-corrected chi connectivity index (χ4v) is 2.63. The van der Waals surface area contributed by atoms with Gasteiger partial charge in [-0.25, -0.2) is 13.8 Å². The molecule has 0 unspecified atom stereocenters. The molecular formula is C15H17F2N3OS. The predicted molar refractivity (Wildman–Crippen MR) is 82.7 cm³/mol. The Kier molecular flexibility index (Phi) is 5.20. The van der Waals surface area contributed by atoms with Crippen molar-refractivity contribution in [1.29, 1.82) is 0 Å². The van der Waals surface area contributed by atoms with Crippen LogP contribution in [-0.2, 0) is 11.2 Å². The molecule has 2 rings (SSSR count). The number of nitrogens with zero attached hydrogens (tertiary/aromatic N) is 1. The quantitative estimate of drug-likeness (QED) is 0.888. The third-order valence-corrected chi connectivity index (χ3v) is 4.10. The number of anilines is 1. The van der Waals surface area contributed by atoms with Crippen LogP contribution in [0.3, 0.4) is 0 Å². The van der Waals surface area contributed by atoms with Crippen molar-refractivity contribution >= 4 is 22.4 Å². The first kappa shape index (κ1) is 16.5. The second kappa shape index (κ2) is 6.93. The number of aromatic nitrogens is 1. The van der Waals surface area contributed by atoms with Gasteiger partial charge in [-0.3, -0.25) is 4.79 Å². The number of hydrogen-bond donors (Lipinski definition) is 2. The van der Waals surface area contributed by atoms with Crippen molar-refractivity contribution in [2.24, 2.45) is 11.7 Å². The molecule has 1 aromatic heterocycles. The summed E-state index contributed by atoms with van der Waals surface area (Å²) in [6, 6.07) is 2.85. The Labute approximate surface area is 131 Å². The summed E-state index contributed by atoms with van der Waals surface area (Å²) in [4.78, 5) is 16.7. The van der Waals surface area contributed by atoms with Crippen LogP contribution in [0.5, 0.6) is 0 Å². The van der Waals surface area contributed by atoms with E-state index < -0.39 is 17.7 Å². The Morgan fingerprint density at radius 1 is 1.41 bits per heavy atom. The van der Waals surface area contributed by atoms with Crippen molar-refractivity contribution < 1.29 is 13.6 Å². The molecule has 1 heterocycles. The number of hydrogen-bond acceptors (Lipinski definition) is 4. The molecule has 0 aliphatic rings. The largest absolute Gasteiger partial charge is 0.320 e. The topological polar surface area (TPSA) is 68.0 Å². The number of thiazole rings is 1. The number of nitrogens with one attached hydrogen (secondary N) is 1. The standard InChI is InChI=1S/C15H17F2N3OS/c1-8(2)13(18)14(21)20-15-19-7-11(22-15)5-9-3-4-10(16)6-12(9)17/h3-4,6-8,13H,5,18H2,1-2H3,(H,19,20,21)/t13-/m0/s1. The van der Waals surface area contributed by atoms with Gasteiger partial charge in [0.1, 0.15) is 11.6 Å². The van der Waals surface area contributed by atoms with Gasteiger partial charge < -0.3 is 11.1 Å². The summed E-state index contributed by atoms with van der Waals surface area (Å²) in [6.45, 7) is 3.71. The molecule has 0 saturated heterocycles. The molecule has 2 aromatic rings. The van der Waals surface area contributed by atoms with Crippen LogP contribution in [0.4, 0.5) is 13.9 Å². The Balaban J connectivity index is 2.04. The average Bonchev–Trinajstić information content (AvgIpc) is 2.88. The van der Waals surface area contributed by atoms with Gasteiger partial charge in [-0.2, -0.15) is 0 Å². The molecule has 1 aromatic carbocycles. The van der Waals surface area contributed by atoms with Crippen molar-refractivity contribution in [2.45, 2.75) is 26.3 Å². The molecule has 1 amide bonds. The number of carbonyl (C=O) groups excluding carboxylic acids is 1. The van der Waals surface area contributed by atoms with Crippen LogP contribution in [0.2, 0.25) is 0 Å². The third-order valence-electron chi connectivity index (χ3n) is 3.18. The second-order valence-corrected chi connectivity index (χ2v) is 6.42. The normalized spacial score (nSPS) is 12.5. The summed E-state index contributed by atoms with van der Waals surface area (Å²) in [5.41, 5.74) is 6.13. The fourth-order valence-electron chi connectivity index (χ4n) is 1.79. The maximum Gasteiger partial charge on any atom is 0.243 e. The second-order valence-electron chi connectivity index (χ2n) is 5.30. The molecule has 3 N–H and O–H groups in total. The van der Waals surface area contributed by atoms with Gasteiger partial charge in [0.2, 0.25) is 5.91 Å². The first-order valence-electron chi connectivity index (χ1n) is 6.82. The molecule has 0 fully saturated rings. The molecule has 0 saturated carbocycles. The van der Waals surface area contributed by atoms with Gasteiger partial charge >= 0.3 is 0 Å². The zero-order chi connectivity index (χ0) is 16.3. The highest BCUT2D eigenvalue weighted by atomic mass is 32.1. The molecule has 1 atom stereocenters. The SMILES string of the molecule is CC(C)[C@H](N)C(=O)Nc1ncc(Cc2ccc(F)cc2F)s1. The van der Waals surface area contributed by atoms with Crippen LogP contribution in [0.15, 0.2) is 24.4 Å². The Morgan fingerprint density at radius 2 is 2.14 bits per heavy atom. The van der Waals surface area contributed by atoms with Crippen LogP contribution in [0.1, 0.15) is 24.3 Å². The Hall–Kier alpha value is -1.86. The summed E-state index contributed by atoms with van der Waals surface area (Å²) in [7, 11) is 0. The lowest BCUT2D eigenvalue weighted by atomic mass is 10.1. The van der Waals surface area contributed by atoms with Crippen molar-refractivity contribution in [3.8, 4) is 0 Å². The fraction of sp³-hybridized carbons (Fsp3) is 0.333. The molecule has 0 aliphatic heterocycles. The lowest BCUT2D eigenvalue weighted by Crippen LogP contribution is -2.39. The molecule has 7 heteroatoms. The van der Waals surface area contributed by atoms with Gasteiger partial charge in [0.05, 0.1) is 6.04 Å². The lowest BCUT2D eigenvalue weighted by Gasteiger charge is -2.13. The number of rotatable bonds is 5. The predicted octanol–water partition coefficient (Wildman–Crippen LogP) is 2.93. The van der Waals surface area contributed by atoms with Crippen LogP contribution in [-0.4, -0.2) is 16.9 Å². The van der Waals surface area contributed by atoms with E-state index in [0.29, 0.717) is 10.7 Å². The van der Waals surface area contributed by atoms with E-state index in [1.165, 1.54) is 23.5 Å². The first-order chi connectivity index (χ1) is 10.4. The van der Waals surface area contributed by atoms with Crippen molar-refractivity contribution in [2.75, 3.05) is 5.32 Å². The number of halogens is 2. The van der Waals surface area contributed by atoms with Crippen molar-refractivity contribution in [3.05, 3.63) is 46.5 Å². The van der Waals surface area contributed by atoms with E-state index in [2.05, 4.69) is 10.3 Å². The molecule has 4 nitrogen and oxygen atoms in total. The van der Waals surface area contributed by atoms with Crippen LogP contribution in [0.25, 0.3) is 0 Å². The Morgan fingerprint density at radius 3 is 2.77 bits per heavy atom. The molecule has 0 bridgehead atoms. The summed E-state index contributed by atoms with van der Waals surface area (Å²) in [5, 5.41) is 3.06. The van der Waals surface area contributed by atoms with E-state index in [0.717, 1.165) is 10.9 Å². The minimum absolute atomic E-state index is 0.0211. The number of carbonyl (C=O) groups is 1. The van der Waals surface area contributed by atoms with Gasteiger partial charge in [-0.15, -0.1) is 11.3 Å². The van der Waals surface area contributed by atoms with Gasteiger partial charge in [0.25, 0.3) is 0 Å². The third kappa shape index (κ3) is 4.08.